The van der Waals surface area contributed by atoms with Crippen molar-refractivity contribution < 1.29 is 9.15 Å². The van der Waals surface area contributed by atoms with E-state index in [0.717, 1.165) is 22.9 Å². The Morgan fingerprint density at radius 2 is 2.17 bits per heavy atom. The molecule has 96 valence electrons. The molecule has 1 unspecified atom stereocenters. The molecule has 0 saturated heterocycles. The van der Waals surface area contributed by atoms with E-state index in [1.807, 2.05) is 38.1 Å². The molecule has 0 fully saturated rings. The number of furan rings is 1. The van der Waals surface area contributed by atoms with Crippen LogP contribution >= 0.6 is 0 Å². The number of methoxy groups -OCH3 is 1. The fourth-order valence-corrected chi connectivity index (χ4v) is 1.84. The van der Waals surface area contributed by atoms with Gasteiger partial charge in [-0.15, -0.1) is 0 Å². The highest BCUT2D eigenvalue weighted by Crippen LogP contribution is 2.22. The Bertz CT molecular complexity index is 508. The molecular weight excluding hydrogens is 228 g/mol. The summed E-state index contributed by atoms with van der Waals surface area (Å²) in [5.41, 5.74) is 1.99. The van der Waals surface area contributed by atoms with Crippen molar-refractivity contribution in [3.8, 4) is 0 Å². The molecule has 2 aromatic heterocycles. The van der Waals surface area contributed by atoms with Gasteiger partial charge in [0.05, 0.1) is 6.61 Å². The van der Waals surface area contributed by atoms with Crippen LogP contribution < -0.4 is 5.32 Å². The first-order chi connectivity index (χ1) is 8.69. The van der Waals surface area contributed by atoms with Gasteiger partial charge in [-0.1, -0.05) is 0 Å². The third kappa shape index (κ3) is 3.11. The fourth-order valence-electron chi connectivity index (χ4n) is 1.84. The minimum Gasteiger partial charge on any atom is -0.464 e. The van der Waals surface area contributed by atoms with Crippen LogP contribution in [0.5, 0.6) is 0 Å². The van der Waals surface area contributed by atoms with Crippen molar-refractivity contribution in [1.29, 1.82) is 0 Å². The summed E-state index contributed by atoms with van der Waals surface area (Å²) in [5.74, 6) is 1.78. The lowest BCUT2D eigenvalue weighted by atomic mass is 10.2. The first-order valence-corrected chi connectivity index (χ1v) is 5.93. The molecule has 0 amide bonds. The third-order valence-corrected chi connectivity index (χ3v) is 2.68. The normalized spacial score (nSPS) is 12.4. The van der Waals surface area contributed by atoms with E-state index in [1.165, 1.54) is 0 Å². The summed E-state index contributed by atoms with van der Waals surface area (Å²) in [4.78, 5) is 4.18. The lowest BCUT2D eigenvalue weighted by Crippen LogP contribution is -2.15. The van der Waals surface area contributed by atoms with Crippen LogP contribution in [-0.2, 0) is 4.74 Å². The number of aromatic nitrogens is 1. The first kappa shape index (κ1) is 12.6. The summed E-state index contributed by atoms with van der Waals surface area (Å²) in [6.07, 6.45) is 1.79. The standard InChI is InChI=1S/C14H18N2O2/c1-10-8-12(6-7-15-10)16-13(9-17-3)14-5-4-11(2)18-14/h4-8,13H,9H2,1-3H3,(H,15,16). The molecule has 0 radical (unpaired) electrons. The second kappa shape index (κ2) is 5.69. The molecule has 4 nitrogen and oxygen atoms in total. The smallest absolute Gasteiger partial charge is 0.128 e. The summed E-state index contributed by atoms with van der Waals surface area (Å²) in [6.45, 7) is 4.45. The summed E-state index contributed by atoms with van der Waals surface area (Å²) in [7, 11) is 1.68. The molecule has 0 saturated carbocycles. The molecule has 4 heteroatoms. The van der Waals surface area contributed by atoms with Crippen LogP contribution in [0.3, 0.4) is 0 Å². The van der Waals surface area contributed by atoms with E-state index >= 15 is 0 Å². The number of aryl methyl sites for hydroxylation is 2. The minimum atomic E-state index is 0.00509. The molecule has 18 heavy (non-hydrogen) atoms. The summed E-state index contributed by atoms with van der Waals surface area (Å²) in [5, 5.41) is 3.39. The number of rotatable bonds is 5. The van der Waals surface area contributed by atoms with Gasteiger partial charge in [-0.25, -0.2) is 0 Å². The number of pyridine rings is 1. The van der Waals surface area contributed by atoms with E-state index in [9.17, 15) is 0 Å². The van der Waals surface area contributed by atoms with Gasteiger partial charge in [0.15, 0.2) is 0 Å². The van der Waals surface area contributed by atoms with Gasteiger partial charge in [-0.3, -0.25) is 4.98 Å². The molecule has 0 aliphatic carbocycles. The van der Waals surface area contributed by atoms with Gasteiger partial charge in [0.25, 0.3) is 0 Å². The number of hydrogen-bond donors (Lipinski definition) is 1. The van der Waals surface area contributed by atoms with Gasteiger partial charge in [-0.2, -0.15) is 0 Å². The highest BCUT2D eigenvalue weighted by atomic mass is 16.5. The van der Waals surface area contributed by atoms with Crippen molar-refractivity contribution in [1.82, 2.24) is 4.98 Å². The van der Waals surface area contributed by atoms with Gasteiger partial charge in [0, 0.05) is 24.7 Å². The maximum atomic E-state index is 5.64. The van der Waals surface area contributed by atoms with Gasteiger partial charge in [-0.05, 0) is 38.1 Å². The zero-order valence-corrected chi connectivity index (χ0v) is 10.9. The van der Waals surface area contributed by atoms with Crippen molar-refractivity contribution >= 4 is 5.69 Å². The maximum absolute atomic E-state index is 5.64. The molecule has 2 heterocycles. The number of nitrogens with one attached hydrogen (secondary N) is 1. The molecular formula is C14H18N2O2. The zero-order valence-electron chi connectivity index (χ0n) is 10.9. The van der Waals surface area contributed by atoms with Crippen molar-refractivity contribution in [2.45, 2.75) is 19.9 Å². The van der Waals surface area contributed by atoms with E-state index in [0.29, 0.717) is 6.61 Å². The Balaban J connectivity index is 2.16. The lowest BCUT2D eigenvalue weighted by Gasteiger charge is -2.17. The number of ether oxygens (including phenoxy) is 1. The lowest BCUT2D eigenvalue weighted by molar-refractivity contribution is 0.178. The van der Waals surface area contributed by atoms with Crippen LogP contribution in [-0.4, -0.2) is 18.7 Å². The third-order valence-electron chi connectivity index (χ3n) is 2.68. The Kier molecular flexibility index (Phi) is 3.99. The van der Waals surface area contributed by atoms with Gasteiger partial charge in [0.1, 0.15) is 17.6 Å². The Morgan fingerprint density at radius 1 is 1.33 bits per heavy atom. The largest absolute Gasteiger partial charge is 0.464 e. The zero-order chi connectivity index (χ0) is 13.0. The highest BCUT2D eigenvalue weighted by molar-refractivity contribution is 5.44. The molecule has 0 aliphatic heterocycles. The Morgan fingerprint density at radius 3 is 2.78 bits per heavy atom. The monoisotopic (exact) mass is 246 g/mol. The molecule has 0 spiro atoms. The number of anilines is 1. The van der Waals surface area contributed by atoms with Crippen LogP contribution in [0, 0.1) is 13.8 Å². The van der Waals surface area contributed by atoms with Crippen LogP contribution in [0.4, 0.5) is 5.69 Å². The van der Waals surface area contributed by atoms with E-state index in [4.69, 9.17) is 9.15 Å². The van der Waals surface area contributed by atoms with E-state index in [-0.39, 0.29) is 6.04 Å². The Labute approximate surface area is 107 Å². The SMILES string of the molecule is COCC(Nc1ccnc(C)c1)c1ccc(C)o1. The molecule has 0 bridgehead atoms. The molecule has 2 rings (SSSR count). The molecule has 0 aromatic carbocycles. The minimum absolute atomic E-state index is 0.00509. The average molecular weight is 246 g/mol. The average Bonchev–Trinajstić information content (AvgIpc) is 2.75. The van der Waals surface area contributed by atoms with Crippen LogP contribution in [0.25, 0.3) is 0 Å². The van der Waals surface area contributed by atoms with Gasteiger partial charge >= 0.3 is 0 Å². The fraction of sp³-hybridized carbons (Fsp3) is 0.357. The molecule has 2 aromatic rings. The predicted octanol–water partition coefficient (Wildman–Crippen LogP) is 3.09. The van der Waals surface area contributed by atoms with E-state index < -0.39 is 0 Å². The number of nitrogens with zero attached hydrogens (tertiary/aromatic N) is 1. The molecule has 1 atom stereocenters. The van der Waals surface area contributed by atoms with Crippen molar-refractivity contribution in [3.63, 3.8) is 0 Å². The quantitative estimate of drug-likeness (QED) is 0.880. The number of hydrogen-bond acceptors (Lipinski definition) is 4. The summed E-state index contributed by atoms with van der Waals surface area (Å²) >= 11 is 0. The topological polar surface area (TPSA) is 47.3 Å². The van der Waals surface area contributed by atoms with E-state index in [2.05, 4.69) is 10.3 Å². The van der Waals surface area contributed by atoms with Crippen molar-refractivity contribution in [3.05, 3.63) is 47.7 Å². The van der Waals surface area contributed by atoms with Gasteiger partial charge in [0.2, 0.25) is 0 Å². The van der Waals surface area contributed by atoms with Gasteiger partial charge < -0.3 is 14.5 Å². The van der Waals surface area contributed by atoms with Crippen LogP contribution in [0.1, 0.15) is 23.3 Å². The Hall–Kier alpha value is -1.81. The van der Waals surface area contributed by atoms with Crippen molar-refractivity contribution in [2.24, 2.45) is 0 Å². The second-order valence-electron chi connectivity index (χ2n) is 4.29. The molecule has 1 N–H and O–H groups in total. The van der Waals surface area contributed by atoms with Crippen LogP contribution in [0.15, 0.2) is 34.9 Å². The second-order valence-corrected chi connectivity index (χ2v) is 4.29. The first-order valence-electron chi connectivity index (χ1n) is 5.93. The summed E-state index contributed by atoms with van der Waals surface area (Å²) < 4.78 is 10.9. The maximum Gasteiger partial charge on any atom is 0.128 e. The van der Waals surface area contributed by atoms with Crippen molar-refractivity contribution in [2.75, 3.05) is 19.0 Å². The molecule has 0 aliphatic rings. The highest BCUT2D eigenvalue weighted by Gasteiger charge is 2.15. The predicted molar refractivity (Wildman–Crippen MR) is 70.7 cm³/mol. The van der Waals surface area contributed by atoms with Crippen LogP contribution in [0.2, 0.25) is 0 Å². The summed E-state index contributed by atoms with van der Waals surface area (Å²) in [6, 6.07) is 7.87. The van der Waals surface area contributed by atoms with E-state index in [1.54, 1.807) is 13.3 Å².